The van der Waals surface area contributed by atoms with E-state index in [-0.39, 0.29) is 11.3 Å². The number of aliphatic hydroxyl groups excluding tert-OH is 4. The molecule has 116 valence electrons. The average Bonchev–Trinajstić information content (AvgIpc) is 2.42. The first kappa shape index (κ1) is 16.9. The van der Waals surface area contributed by atoms with E-state index in [9.17, 15) is 20.1 Å². The molecule has 1 aliphatic rings. The molecule has 5 atom stereocenters. The highest BCUT2D eigenvalue weighted by molar-refractivity contribution is 5.85. The van der Waals surface area contributed by atoms with Gasteiger partial charge in [-0.2, -0.15) is 0 Å². The van der Waals surface area contributed by atoms with Gasteiger partial charge in [0.1, 0.15) is 18.3 Å². The minimum Gasteiger partial charge on any atom is -0.480 e. The Morgan fingerprint density at radius 1 is 1.40 bits per heavy atom. The van der Waals surface area contributed by atoms with Crippen LogP contribution < -0.4 is 0 Å². The number of aliphatic hydroxyl groups is 4. The van der Waals surface area contributed by atoms with E-state index in [0.29, 0.717) is 12.8 Å². The third kappa shape index (κ3) is 3.29. The zero-order chi connectivity index (χ0) is 15.4. The zero-order valence-corrected chi connectivity index (χ0v) is 11.6. The number of ether oxygens (including phenoxy) is 1. The van der Waals surface area contributed by atoms with Crippen molar-refractivity contribution in [2.24, 2.45) is 5.92 Å². The number of carboxylic acids is 1. The molecular weight excluding hydrogens is 268 g/mol. The van der Waals surface area contributed by atoms with Crippen molar-refractivity contribution in [2.75, 3.05) is 6.61 Å². The molecule has 0 aliphatic carbocycles. The molecule has 0 radical (unpaired) electrons. The lowest BCUT2D eigenvalue weighted by Gasteiger charge is -2.39. The van der Waals surface area contributed by atoms with Crippen LogP contribution in [-0.2, 0) is 9.53 Å². The fourth-order valence-corrected chi connectivity index (χ4v) is 2.38. The van der Waals surface area contributed by atoms with E-state index in [1.54, 1.807) is 6.92 Å². The molecule has 0 bridgehead atoms. The first-order valence-electron chi connectivity index (χ1n) is 6.63. The average molecular weight is 290 g/mol. The predicted octanol–water partition coefficient (Wildman–Crippen LogP) is -0.765. The van der Waals surface area contributed by atoms with Crippen LogP contribution >= 0.6 is 0 Å². The van der Waals surface area contributed by atoms with Gasteiger partial charge in [0, 0.05) is 11.5 Å². The van der Waals surface area contributed by atoms with Gasteiger partial charge in [0.25, 0.3) is 0 Å². The van der Waals surface area contributed by atoms with Crippen LogP contribution in [0.3, 0.4) is 0 Å². The molecular formula is C13H22O7. The predicted molar refractivity (Wildman–Crippen MR) is 68.7 cm³/mol. The Balaban J connectivity index is 3.09. The van der Waals surface area contributed by atoms with Gasteiger partial charge in [-0.15, -0.1) is 0 Å². The summed E-state index contributed by atoms with van der Waals surface area (Å²) >= 11 is 0. The van der Waals surface area contributed by atoms with E-state index in [1.165, 1.54) is 0 Å². The Bertz CT molecular complexity index is 379. The van der Waals surface area contributed by atoms with Gasteiger partial charge in [-0.3, -0.25) is 0 Å². The van der Waals surface area contributed by atoms with Gasteiger partial charge in [0.05, 0.1) is 12.7 Å². The number of rotatable bonds is 6. The molecule has 0 spiro atoms. The van der Waals surface area contributed by atoms with E-state index in [0.717, 1.165) is 0 Å². The van der Waals surface area contributed by atoms with Gasteiger partial charge in [0.2, 0.25) is 5.76 Å². The van der Waals surface area contributed by atoms with Crippen molar-refractivity contribution in [3.63, 3.8) is 0 Å². The standard InChI is InChI=1S/C13H22O7/c1-3-4-7-9(16)6(2)11(10(17)8(15)5-14)20-12(7)13(18)19/h6,8-11,14-17H,3-5H2,1-2H3,(H,18,19)/t6-,8-,9-,10-,11-/m1/s1. The van der Waals surface area contributed by atoms with Gasteiger partial charge in [-0.25, -0.2) is 4.79 Å². The van der Waals surface area contributed by atoms with Gasteiger partial charge in [0.15, 0.2) is 0 Å². The van der Waals surface area contributed by atoms with Crippen LogP contribution in [0.4, 0.5) is 0 Å². The van der Waals surface area contributed by atoms with Crippen molar-refractivity contribution < 1.29 is 35.1 Å². The second kappa shape index (κ2) is 7.03. The molecule has 0 amide bonds. The SMILES string of the molecule is CCCC1=C(C(=O)O)O[C@@H]([C@H](O)[C@H](O)CO)[C@H](C)[C@H]1O. The molecule has 1 rings (SSSR count). The highest BCUT2D eigenvalue weighted by Gasteiger charge is 2.43. The summed E-state index contributed by atoms with van der Waals surface area (Å²) < 4.78 is 5.28. The van der Waals surface area contributed by atoms with E-state index in [1.807, 2.05) is 6.92 Å². The van der Waals surface area contributed by atoms with Crippen LogP contribution in [0, 0.1) is 5.92 Å². The van der Waals surface area contributed by atoms with Gasteiger partial charge in [-0.05, 0) is 6.42 Å². The molecule has 0 aromatic heterocycles. The Labute approximate surface area is 117 Å². The normalized spacial score (nSPS) is 29.8. The number of hydrogen-bond donors (Lipinski definition) is 5. The molecule has 0 saturated heterocycles. The largest absolute Gasteiger partial charge is 0.480 e. The van der Waals surface area contributed by atoms with Crippen LogP contribution in [0.25, 0.3) is 0 Å². The highest BCUT2D eigenvalue weighted by atomic mass is 16.5. The third-order valence-corrected chi connectivity index (χ3v) is 3.55. The maximum atomic E-state index is 11.2. The summed E-state index contributed by atoms with van der Waals surface area (Å²) in [5.41, 5.74) is 0.287. The molecule has 0 aromatic rings. The van der Waals surface area contributed by atoms with Gasteiger partial charge in [-0.1, -0.05) is 20.3 Å². The van der Waals surface area contributed by atoms with Crippen molar-refractivity contribution in [2.45, 2.75) is 51.1 Å². The lowest BCUT2D eigenvalue weighted by atomic mass is 9.83. The first-order valence-corrected chi connectivity index (χ1v) is 6.63. The molecule has 0 aromatic carbocycles. The number of aliphatic carboxylic acids is 1. The number of hydrogen-bond acceptors (Lipinski definition) is 6. The summed E-state index contributed by atoms with van der Waals surface area (Å²) in [5, 5.41) is 47.5. The number of carbonyl (C=O) groups is 1. The molecule has 5 N–H and O–H groups in total. The molecule has 1 aliphatic heterocycles. The lowest BCUT2D eigenvalue weighted by Crippen LogP contribution is -2.50. The summed E-state index contributed by atoms with van der Waals surface area (Å²) in [6.45, 7) is 2.76. The monoisotopic (exact) mass is 290 g/mol. The quantitative estimate of drug-likeness (QED) is 0.435. The van der Waals surface area contributed by atoms with Crippen molar-refractivity contribution in [1.29, 1.82) is 0 Å². The molecule has 7 nitrogen and oxygen atoms in total. The van der Waals surface area contributed by atoms with Crippen LogP contribution in [0.1, 0.15) is 26.7 Å². The minimum absolute atomic E-state index is 0.287. The Hall–Kier alpha value is -1.15. The molecule has 0 unspecified atom stereocenters. The second-order valence-electron chi connectivity index (χ2n) is 5.04. The number of carboxylic acid groups (broad SMARTS) is 1. The molecule has 1 heterocycles. The van der Waals surface area contributed by atoms with Crippen LogP contribution in [-0.4, -0.2) is 62.5 Å². The summed E-state index contributed by atoms with van der Waals surface area (Å²) in [4.78, 5) is 11.2. The van der Waals surface area contributed by atoms with Crippen molar-refractivity contribution >= 4 is 5.97 Å². The Kier molecular flexibility index (Phi) is 5.94. The second-order valence-corrected chi connectivity index (χ2v) is 5.04. The van der Waals surface area contributed by atoms with Crippen LogP contribution in [0.2, 0.25) is 0 Å². The first-order chi connectivity index (χ1) is 9.34. The highest BCUT2D eigenvalue weighted by Crippen LogP contribution is 2.34. The fraction of sp³-hybridized carbons (Fsp3) is 0.769. The molecule has 0 saturated carbocycles. The van der Waals surface area contributed by atoms with E-state index in [2.05, 4.69) is 0 Å². The summed E-state index contributed by atoms with van der Waals surface area (Å²) in [5.74, 6) is -2.31. The topological polar surface area (TPSA) is 127 Å². The summed E-state index contributed by atoms with van der Waals surface area (Å²) in [7, 11) is 0. The zero-order valence-electron chi connectivity index (χ0n) is 11.6. The van der Waals surface area contributed by atoms with E-state index in [4.69, 9.17) is 14.9 Å². The molecule has 7 heteroatoms. The van der Waals surface area contributed by atoms with Crippen molar-refractivity contribution in [3.8, 4) is 0 Å². The van der Waals surface area contributed by atoms with Crippen molar-refractivity contribution in [1.82, 2.24) is 0 Å². The summed E-state index contributed by atoms with van der Waals surface area (Å²) in [6, 6.07) is 0. The fourth-order valence-electron chi connectivity index (χ4n) is 2.38. The maximum Gasteiger partial charge on any atom is 0.371 e. The van der Waals surface area contributed by atoms with Gasteiger partial charge < -0.3 is 30.3 Å². The smallest absolute Gasteiger partial charge is 0.371 e. The van der Waals surface area contributed by atoms with Crippen molar-refractivity contribution in [3.05, 3.63) is 11.3 Å². The molecule has 20 heavy (non-hydrogen) atoms. The van der Waals surface area contributed by atoms with Gasteiger partial charge >= 0.3 is 5.97 Å². The Morgan fingerprint density at radius 3 is 2.45 bits per heavy atom. The summed E-state index contributed by atoms with van der Waals surface area (Å²) in [6.07, 6.45) is -4.09. The Morgan fingerprint density at radius 2 is 2.00 bits per heavy atom. The van der Waals surface area contributed by atoms with Crippen LogP contribution in [0.5, 0.6) is 0 Å². The van der Waals surface area contributed by atoms with Crippen LogP contribution in [0.15, 0.2) is 11.3 Å². The van der Waals surface area contributed by atoms with E-state index < -0.39 is 42.9 Å². The molecule has 0 fully saturated rings. The third-order valence-electron chi connectivity index (χ3n) is 3.55. The van der Waals surface area contributed by atoms with E-state index >= 15 is 0 Å². The lowest BCUT2D eigenvalue weighted by molar-refractivity contribution is -0.153. The minimum atomic E-state index is -1.48. The maximum absolute atomic E-state index is 11.2.